The molecule has 0 aliphatic carbocycles. The molecule has 0 atom stereocenters. The van der Waals surface area contributed by atoms with Crippen LogP contribution in [-0.2, 0) is 23.6 Å². The van der Waals surface area contributed by atoms with Gasteiger partial charge in [0, 0.05) is 32.3 Å². The number of hydrogen-bond donors (Lipinski definition) is 0. The van der Waals surface area contributed by atoms with Crippen molar-refractivity contribution in [3.63, 3.8) is 0 Å². The number of nitrogens with zero attached hydrogens (tertiary/aromatic N) is 2. The zero-order chi connectivity index (χ0) is 12.6. The molecule has 0 unspecified atom stereocenters. The summed E-state index contributed by atoms with van der Waals surface area (Å²) >= 11 is 0. The summed E-state index contributed by atoms with van der Waals surface area (Å²) in [5.74, 6) is -0.402. The van der Waals surface area contributed by atoms with Crippen LogP contribution in [0.15, 0.2) is 21.4 Å². The minimum absolute atomic E-state index is 0.309. The van der Waals surface area contributed by atoms with Gasteiger partial charge in [0.05, 0.1) is 12.2 Å². The average Bonchev–Trinajstić information content (AvgIpc) is 2.69. The topological polar surface area (TPSA) is 70.3 Å². The van der Waals surface area contributed by atoms with E-state index >= 15 is 0 Å². The Labute approximate surface area is 96.7 Å². The number of rotatable bonds is 1. The minimum atomic E-state index is -0.416. The van der Waals surface area contributed by atoms with Crippen molar-refractivity contribution in [2.45, 2.75) is 6.42 Å². The zero-order valence-electron chi connectivity index (χ0n) is 9.60. The molecule has 0 aromatic carbocycles. The molecular weight excluding hydrogens is 224 g/mol. The van der Waals surface area contributed by atoms with Crippen molar-refractivity contribution in [1.29, 1.82) is 0 Å². The van der Waals surface area contributed by atoms with Crippen LogP contribution in [-0.4, -0.2) is 21.7 Å². The molecule has 2 heterocycles. The highest BCUT2D eigenvalue weighted by molar-refractivity contribution is 5.95. The highest BCUT2D eigenvalue weighted by Crippen LogP contribution is 2.15. The summed E-state index contributed by atoms with van der Waals surface area (Å²) in [4.78, 5) is 34.5. The van der Waals surface area contributed by atoms with Gasteiger partial charge in [-0.15, -0.1) is 0 Å². The van der Waals surface area contributed by atoms with Crippen molar-refractivity contribution >= 4 is 12.0 Å². The summed E-state index contributed by atoms with van der Waals surface area (Å²) in [7, 11) is 2.95. The first kappa shape index (κ1) is 11.4. The summed E-state index contributed by atoms with van der Waals surface area (Å²) in [5.41, 5.74) is -0.0457. The van der Waals surface area contributed by atoms with Gasteiger partial charge in [0.15, 0.2) is 0 Å². The van der Waals surface area contributed by atoms with E-state index in [1.54, 1.807) is 7.05 Å². The van der Waals surface area contributed by atoms with Crippen LogP contribution >= 0.6 is 0 Å². The number of aromatic nitrogens is 2. The third kappa shape index (κ3) is 1.93. The van der Waals surface area contributed by atoms with Gasteiger partial charge in [-0.3, -0.25) is 9.36 Å². The Morgan fingerprint density at radius 1 is 1.29 bits per heavy atom. The lowest BCUT2D eigenvalue weighted by Gasteiger charge is -2.03. The third-order valence-corrected chi connectivity index (χ3v) is 2.67. The largest absolute Gasteiger partial charge is 0.462 e. The Bertz CT molecular complexity index is 621. The molecule has 0 saturated carbocycles. The molecule has 0 bridgehead atoms. The molecule has 90 valence electrons. The molecule has 6 heteroatoms. The number of esters is 1. The molecule has 1 saturated heterocycles. The van der Waals surface area contributed by atoms with Gasteiger partial charge in [0.25, 0.3) is 5.56 Å². The Kier molecular flexibility index (Phi) is 2.71. The maximum atomic E-state index is 11.8. The van der Waals surface area contributed by atoms with Crippen molar-refractivity contribution < 1.29 is 9.53 Å². The van der Waals surface area contributed by atoms with Crippen LogP contribution in [0.4, 0.5) is 0 Å². The summed E-state index contributed by atoms with van der Waals surface area (Å²) in [6.45, 7) is 0.344. The molecule has 0 spiro atoms. The number of hydrogen-bond acceptors (Lipinski definition) is 4. The fraction of sp³-hybridized carbons (Fsp3) is 0.364. The summed E-state index contributed by atoms with van der Waals surface area (Å²) < 4.78 is 7.08. The van der Waals surface area contributed by atoms with Gasteiger partial charge < -0.3 is 9.30 Å². The highest BCUT2D eigenvalue weighted by Gasteiger charge is 2.19. The van der Waals surface area contributed by atoms with Gasteiger partial charge in [0.2, 0.25) is 0 Å². The standard InChI is InChI=1S/C11H12N2O4/c1-12-6-8(9(14)13(2)11(12)16)5-7-3-4-17-10(7)15/h5-6H,3-4H2,1-2H3/b7-5+. The van der Waals surface area contributed by atoms with E-state index in [1.807, 2.05) is 0 Å². The lowest BCUT2D eigenvalue weighted by molar-refractivity contribution is -0.134. The smallest absolute Gasteiger partial charge is 0.334 e. The first-order chi connectivity index (χ1) is 8.00. The Morgan fingerprint density at radius 3 is 2.59 bits per heavy atom. The first-order valence-electron chi connectivity index (χ1n) is 5.15. The molecule has 2 rings (SSSR count). The quantitative estimate of drug-likeness (QED) is 0.483. The fourth-order valence-corrected chi connectivity index (χ4v) is 1.70. The SMILES string of the molecule is Cn1cc(/C=C2\CCOC2=O)c(=O)n(C)c1=O. The molecule has 1 fully saturated rings. The monoisotopic (exact) mass is 236 g/mol. The van der Waals surface area contributed by atoms with E-state index in [0.717, 1.165) is 4.57 Å². The molecule has 1 aliphatic rings. The summed E-state index contributed by atoms with van der Waals surface area (Å²) in [6.07, 6.45) is 3.39. The van der Waals surface area contributed by atoms with E-state index in [2.05, 4.69) is 0 Å². The third-order valence-electron chi connectivity index (χ3n) is 2.67. The molecular formula is C11H12N2O4. The van der Waals surface area contributed by atoms with Gasteiger partial charge in [-0.25, -0.2) is 9.59 Å². The molecule has 17 heavy (non-hydrogen) atoms. The minimum Gasteiger partial charge on any atom is -0.462 e. The van der Waals surface area contributed by atoms with Crippen molar-refractivity contribution in [2.75, 3.05) is 6.61 Å². The molecule has 0 N–H and O–H groups in total. The van der Waals surface area contributed by atoms with E-state index in [9.17, 15) is 14.4 Å². The molecule has 1 aromatic rings. The van der Waals surface area contributed by atoms with Gasteiger partial charge in [-0.1, -0.05) is 0 Å². The van der Waals surface area contributed by atoms with Crippen molar-refractivity contribution in [2.24, 2.45) is 14.1 Å². The normalized spacial score (nSPS) is 17.5. The second-order valence-electron chi connectivity index (χ2n) is 3.90. The predicted molar refractivity (Wildman–Crippen MR) is 60.5 cm³/mol. The van der Waals surface area contributed by atoms with Gasteiger partial charge in [-0.05, 0) is 6.08 Å². The molecule has 0 amide bonds. The van der Waals surface area contributed by atoms with E-state index in [1.165, 1.54) is 23.9 Å². The second kappa shape index (κ2) is 4.04. The van der Waals surface area contributed by atoms with E-state index in [4.69, 9.17) is 4.74 Å². The van der Waals surface area contributed by atoms with Gasteiger partial charge in [0.1, 0.15) is 0 Å². The average molecular weight is 236 g/mol. The maximum absolute atomic E-state index is 11.8. The summed E-state index contributed by atoms with van der Waals surface area (Å²) in [6, 6.07) is 0. The Morgan fingerprint density at radius 2 is 2.00 bits per heavy atom. The number of carbonyl (C=O) groups is 1. The fourth-order valence-electron chi connectivity index (χ4n) is 1.70. The van der Waals surface area contributed by atoms with Gasteiger partial charge in [-0.2, -0.15) is 0 Å². The maximum Gasteiger partial charge on any atom is 0.334 e. The van der Waals surface area contributed by atoms with Crippen LogP contribution in [0.1, 0.15) is 12.0 Å². The lowest BCUT2D eigenvalue weighted by atomic mass is 10.1. The Hall–Kier alpha value is -2.11. The highest BCUT2D eigenvalue weighted by atomic mass is 16.5. The van der Waals surface area contributed by atoms with Crippen LogP contribution in [0.5, 0.6) is 0 Å². The van der Waals surface area contributed by atoms with E-state index in [0.29, 0.717) is 24.2 Å². The van der Waals surface area contributed by atoms with Crippen molar-refractivity contribution in [3.05, 3.63) is 38.2 Å². The van der Waals surface area contributed by atoms with Crippen LogP contribution < -0.4 is 11.2 Å². The molecule has 6 nitrogen and oxygen atoms in total. The molecule has 1 aromatic heterocycles. The number of aryl methyl sites for hydroxylation is 1. The first-order valence-corrected chi connectivity index (χ1v) is 5.15. The number of ether oxygens (including phenoxy) is 1. The van der Waals surface area contributed by atoms with Crippen molar-refractivity contribution in [1.82, 2.24) is 9.13 Å². The van der Waals surface area contributed by atoms with Crippen LogP contribution in [0.3, 0.4) is 0 Å². The van der Waals surface area contributed by atoms with Gasteiger partial charge >= 0.3 is 11.7 Å². The van der Waals surface area contributed by atoms with Crippen LogP contribution in [0.2, 0.25) is 0 Å². The van der Waals surface area contributed by atoms with Crippen LogP contribution in [0, 0.1) is 0 Å². The number of cyclic esters (lactones) is 1. The second-order valence-corrected chi connectivity index (χ2v) is 3.90. The van der Waals surface area contributed by atoms with E-state index < -0.39 is 17.2 Å². The Balaban J connectivity index is 2.58. The molecule has 1 aliphatic heterocycles. The lowest BCUT2D eigenvalue weighted by Crippen LogP contribution is -2.37. The predicted octanol–water partition coefficient (Wildman–Crippen LogP) is -0.586. The number of carbonyl (C=O) groups excluding carboxylic acids is 1. The summed E-state index contributed by atoms with van der Waals surface area (Å²) in [5, 5.41) is 0. The van der Waals surface area contributed by atoms with Crippen molar-refractivity contribution in [3.8, 4) is 0 Å². The zero-order valence-corrected chi connectivity index (χ0v) is 9.60. The van der Waals surface area contributed by atoms with Crippen LogP contribution in [0.25, 0.3) is 6.08 Å². The molecule has 0 radical (unpaired) electrons. The van der Waals surface area contributed by atoms with E-state index in [-0.39, 0.29) is 0 Å².